The van der Waals surface area contributed by atoms with Crippen LogP contribution in [0.5, 0.6) is 0 Å². The molecule has 0 unspecified atom stereocenters. The average molecular weight is 372 g/mol. The Morgan fingerprint density at radius 1 is 1.36 bits per heavy atom. The van der Waals surface area contributed by atoms with Crippen LogP contribution in [0.1, 0.15) is 33.6 Å². The number of rotatable bonds is 10. The Hall–Kier alpha value is -1.60. The van der Waals surface area contributed by atoms with Gasteiger partial charge in [-0.2, -0.15) is 12.6 Å². The van der Waals surface area contributed by atoms with Gasteiger partial charge >= 0.3 is 0 Å². The van der Waals surface area contributed by atoms with Gasteiger partial charge in [-0.3, -0.25) is 19.3 Å². The molecule has 142 valence electrons. The predicted molar refractivity (Wildman–Crippen MR) is 98.0 cm³/mol. The van der Waals surface area contributed by atoms with Crippen LogP contribution in [-0.4, -0.2) is 64.4 Å². The maximum absolute atomic E-state index is 12.5. The van der Waals surface area contributed by atoms with Crippen molar-refractivity contribution < 1.29 is 24.6 Å². The Morgan fingerprint density at radius 2 is 2.00 bits per heavy atom. The van der Waals surface area contributed by atoms with Gasteiger partial charge in [0.25, 0.3) is 5.91 Å². The number of thiol groups is 1. The number of amides is 3. The predicted octanol–water partition coefficient (Wildman–Crippen LogP) is 0.278. The van der Waals surface area contributed by atoms with E-state index in [0.29, 0.717) is 12.3 Å². The molecule has 3 N–H and O–H groups in total. The van der Waals surface area contributed by atoms with Gasteiger partial charge in [0.15, 0.2) is 0 Å². The maximum Gasteiger partial charge on any atom is 0.258 e. The third kappa shape index (κ3) is 8.36. The minimum Gasteiger partial charge on any atom is -0.396 e. The zero-order chi connectivity index (χ0) is 19.5. The van der Waals surface area contributed by atoms with Crippen LogP contribution in [-0.2, 0) is 14.4 Å². The van der Waals surface area contributed by atoms with Crippen LogP contribution in [0.15, 0.2) is 17.9 Å². The zero-order valence-corrected chi connectivity index (χ0v) is 15.9. The van der Waals surface area contributed by atoms with Gasteiger partial charge in [-0.1, -0.05) is 13.8 Å². The molecule has 3 amide bonds. The number of carbonyl (C=O) groups excluding carboxylic acids is 3. The van der Waals surface area contributed by atoms with E-state index in [1.165, 1.54) is 19.9 Å². The highest BCUT2D eigenvalue weighted by atomic mass is 32.1. The first-order valence-corrected chi connectivity index (χ1v) is 8.70. The lowest BCUT2D eigenvalue weighted by Crippen LogP contribution is -2.50. The van der Waals surface area contributed by atoms with Gasteiger partial charge in [0, 0.05) is 30.7 Å². The summed E-state index contributed by atoms with van der Waals surface area (Å²) in [7, 11) is 0. The molecule has 25 heavy (non-hydrogen) atoms. The molecular formula is C17H28N2O5S. The first kappa shape index (κ1) is 23.4. The van der Waals surface area contributed by atoms with Crippen molar-refractivity contribution in [1.29, 1.82) is 0 Å². The molecule has 7 nitrogen and oxygen atoms in total. The number of aliphatic hydroxyl groups is 2. The van der Waals surface area contributed by atoms with E-state index in [-0.39, 0.29) is 25.3 Å². The maximum atomic E-state index is 12.5. The summed E-state index contributed by atoms with van der Waals surface area (Å²) in [5.41, 5.74) is 1.63. The van der Waals surface area contributed by atoms with Gasteiger partial charge in [-0.15, -0.1) is 5.73 Å². The van der Waals surface area contributed by atoms with Gasteiger partial charge in [0.1, 0.15) is 6.10 Å². The second kappa shape index (κ2) is 11.9. The van der Waals surface area contributed by atoms with Crippen molar-refractivity contribution in [2.45, 2.75) is 39.7 Å². The van der Waals surface area contributed by atoms with Gasteiger partial charge in [0.05, 0.1) is 13.0 Å². The molecular weight excluding hydrogens is 344 g/mol. The fraction of sp³-hybridized carbons (Fsp3) is 0.647. The number of hydrogen-bond acceptors (Lipinski definition) is 6. The van der Waals surface area contributed by atoms with E-state index in [4.69, 9.17) is 0 Å². The molecule has 0 aliphatic heterocycles. The van der Waals surface area contributed by atoms with Gasteiger partial charge < -0.3 is 15.5 Å². The smallest absolute Gasteiger partial charge is 0.258 e. The van der Waals surface area contributed by atoms with Gasteiger partial charge in [-0.05, 0) is 19.1 Å². The van der Waals surface area contributed by atoms with Crippen LogP contribution >= 0.6 is 12.6 Å². The summed E-state index contributed by atoms with van der Waals surface area (Å²) in [6.45, 7) is 4.56. The van der Waals surface area contributed by atoms with E-state index in [0.717, 1.165) is 4.90 Å². The Labute approximate surface area is 154 Å². The Morgan fingerprint density at radius 3 is 2.52 bits per heavy atom. The molecule has 0 aliphatic rings. The number of carbonyl (C=O) groups is 3. The number of imide groups is 1. The molecule has 0 bridgehead atoms. The zero-order valence-electron chi connectivity index (χ0n) is 15.0. The molecule has 0 aromatic heterocycles. The molecule has 0 aromatic carbocycles. The Kier molecular flexibility index (Phi) is 11.1. The van der Waals surface area contributed by atoms with E-state index in [9.17, 15) is 24.6 Å². The average Bonchev–Trinajstić information content (AvgIpc) is 2.59. The first-order chi connectivity index (χ1) is 11.7. The lowest BCUT2D eigenvalue weighted by atomic mass is 9.86. The molecule has 8 heteroatoms. The van der Waals surface area contributed by atoms with Crippen molar-refractivity contribution >= 4 is 30.4 Å². The molecule has 0 fully saturated rings. The summed E-state index contributed by atoms with van der Waals surface area (Å²) in [6, 6.07) is 0. The van der Waals surface area contributed by atoms with Crippen LogP contribution in [0.25, 0.3) is 0 Å². The summed E-state index contributed by atoms with van der Waals surface area (Å²) < 4.78 is 0. The largest absolute Gasteiger partial charge is 0.396 e. The van der Waals surface area contributed by atoms with E-state index in [2.05, 4.69) is 23.7 Å². The fourth-order valence-corrected chi connectivity index (χ4v) is 1.91. The third-order valence-electron chi connectivity index (χ3n) is 3.51. The Bertz CT molecular complexity index is 527. The van der Waals surface area contributed by atoms with E-state index < -0.39 is 29.9 Å². The highest BCUT2D eigenvalue weighted by Crippen LogP contribution is 2.21. The van der Waals surface area contributed by atoms with Crippen molar-refractivity contribution in [3.63, 3.8) is 0 Å². The lowest BCUT2D eigenvalue weighted by molar-refractivity contribution is -0.156. The topological polar surface area (TPSA) is 107 Å². The first-order valence-electron chi connectivity index (χ1n) is 8.07. The standard InChI is InChI=1S/C17H28N2O5S/c1-4-5-6-7-14(22)19(10-8-13(21)18-9-11-25)16(24)15(23)17(2,3)12-20/h4,6,15,20,23,25H,7-12H2,1-3H3,(H,18,21)/t5?,15-/m1/s1. The summed E-state index contributed by atoms with van der Waals surface area (Å²) in [5.74, 6) is -1.22. The molecule has 1 atom stereocenters. The SMILES string of the molecule is CC=C=CCC(=O)N(CCC(=O)NCCS)C(=O)[C@@H](O)C(C)(C)CO. The second-order valence-electron chi connectivity index (χ2n) is 6.12. The lowest BCUT2D eigenvalue weighted by Gasteiger charge is -2.31. The van der Waals surface area contributed by atoms with Crippen LogP contribution in [0.3, 0.4) is 0 Å². The van der Waals surface area contributed by atoms with Crippen LogP contribution in [0.2, 0.25) is 0 Å². The summed E-state index contributed by atoms with van der Waals surface area (Å²) in [4.78, 5) is 37.4. The molecule has 0 aromatic rings. The van der Waals surface area contributed by atoms with Crippen LogP contribution in [0, 0.1) is 5.41 Å². The highest BCUT2D eigenvalue weighted by Gasteiger charge is 2.37. The highest BCUT2D eigenvalue weighted by molar-refractivity contribution is 7.80. The fourth-order valence-electron chi connectivity index (χ4n) is 1.80. The molecule has 0 saturated carbocycles. The van der Waals surface area contributed by atoms with Crippen LogP contribution < -0.4 is 5.32 Å². The Balaban J connectivity index is 5.17. The number of nitrogens with one attached hydrogen (secondary N) is 1. The quantitative estimate of drug-likeness (QED) is 0.325. The molecule has 0 heterocycles. The van der Waals surface area contributed by atoms with Crippen molar-refractivity contribution in [1.82, 2.24) is 10.2 Å². The summed E-state index contributed by atoms with van der Waals surface area (Å²) in [6.07, 6.45) is 1.36. The van der Waals surface area contributed by atoms with Crippen molar-refractivity contribution in [2.24, 2.45) is 5.41 Å². The number of aliphatic hydroxyl groups excluding tert-OH is 2. The van der Waals surface area contributed by atoms with E-state index >= 15 is 0 Å². The van der Waals surface area contributed by atoms with Gasteiger partial charge in [-0.25, -0.2) is 0 Å². The summed E-state index contributed by atoms with van der Waals surface area (Å²) in [5, 5.41) is 22.1. The molecule has 0 saturated heterocycles. The van der Waals surface area contributed by atoms with E-state index in [1.54, 1.807) is 13.0 Å². The molecule has 0 radical (unpaired) electrons. The second-order valence-corrected chi connectivity index (χ2v) is 6.57. The number of hydrogen-bond donors (Lipinski definition) is 4. The summed E-state index contributed by atoms with van der Waals surface area (Å²) >= 11 is 3.98. The van der Waals surface area contributed by atoms with Crippen molar-refractivity contribution in [3.8, 4) is 0 Å². The van der Waals surface area contributed by atoms with Crippen molar-refractivity contribution in [2.75, 3.05) is 25.4 Å². The molecule has 0 spiro atoms. The molecule has 0 rings (SSSR count). The van der Waals surface area contributed by atoms with Crippen LogP contribution in [0.4, 0.5) is 0 Å². The number of nitrogens with zero attached hydrogens (tertiary/aromatic N) is 1. The van der Waals surface area contributed by atoms with Crippen molar-refractivity contribution in [3.05, 3.63) is 17.9 Å². The minimum atomic E-state index is -1.56. The van der Waals surface area contributed by atoms with Gasteiger partial charge in [0.2, 0.25) is 11.8 Å². The van der Waals surface area contributed by atoms with E-state index in [1.807, 2.05) is 0 Å². The monoisotopic (exact) mass is 372 g/mol. The minimum absolute atomic E-state index is 0.0785. The normalized spacial score (nSPS) is 11.9. The molecule has 0 aliphatic carbocycles. The third-order valence-corrected chi connectivity index (χ3v) is 3.73.